The van der Waals surface area contributed by atoms with Crippen molar-refractivity contribution in [3.63, 3.8) is 0 Å². The van der Waals surface area contributed by atoms with Crippen LogP contribution in [0, 0.1) is 5.92 Å². The minimum atomic E-state index is 0.271. The Kier molecular flexibility index (Phi) is 4.69. The lowest BCUT2D eigenvalue weighted by atomic mass is 9.96. The Bertz CT molecular complexity index is 411. The molecule has 92 valence electrons. The molecule has 0 amide bonds. The molecule has 0 radical (unpaired) electrons. The number of hydrogen-bond donors (Lipinski definition) is 0. The maximum Gasteiger partial charge on any atom is 0.167 e. The Morgan fingerprint density at radius 2 is 2.12 bits per heavy atom. The minimum Gasteiger partial charge on any atom is -0.294 e. The molecule has 0 aromatic heterocycles. The topological polar surface area (TPSA) is 17.1 Å². The summed E-state index contributed by atoms with van der Waals surface area (Å²) in [5.74, 6) is 1.62. The van der Waals surface area contributed by atoms with E-state index in [4.69, 9.17) is 0 Å². The van der Waals surface area contributed by atoms with Crippen molar-refractivity contribution in [2.45, 2.75) is 37.5 Å². The van der Waals surface area contributed by atoms with Gasteiger partial charge in [-0.2, -0.15) is 0 Å². The van der Waals surface area contributed by atoms with Crippen LogP contribution in [0.3, 0.4) is 0 Å². The molecule has 0 bridgehead atoms. The summed E-state index contributed by atoms with van der Waals surface area (Å²) in [4.78, 5) is 13.5. The molecule has 2 rings (SSSR count). The standard InChI is InChI=1S/C14H17BrOS/c1-2-17-13-9-11(15)7-8-12(13)14(16)10-5-3-4-6-10/h7-10H,2-6H2,1H3. The van der Waals surface area contributed by atoms with E-state index in [1.54, 1.807) is 11.8 Å². The van der Waals surface area contributed by atoms with E-state index in [0.29, 0.717) is 5.78 Å². The zero-order valence-corrected chi connectivity index (χ0v) is 12.4. The van der Waals surface area contributed by atoms with Crippen LogP contribution in [0.2, 0.25) is 0 Å². The minimum absolute atomic E-state index is 0.271. The summed E-state index contributed by atoms with van der Waals surface area (Å²) < 4.78 is 1.05. The quantitative estimate of drug-likeness (QED) is 0.579. The number of Topliss-reactive ketones (excluding diaryl/α,β-unsaturated/α-hetero) is 1. The van der Waals surface area contributed by atoms with Crippen molar-refractivity contribution in [3.8, 4) is 0 Å². The van der Waals surface area contributed by atoms with Gasteiger partial charge in [0.05, 0.1) is 0 Å². The average molecular weight is 313 g/mol. The molecule has 0 saturated heterocycles. The molecule has 0 heterocycles. The van der Waals surface area contributed by atoms with E-state index < -0.39 is 0 Å². The number of ketones is 1. The molecule has 3 heteroatoms. The Labute approximate surface area is 115 Å². The van der Waals surface area contributed by atoms with Gasteiger partial charge in [0, 0.05) is 20.8 Å². The van der Waals surface area contributed by atoms with E-state index in [-0.39, 0.29) is 5.92 Å². The van der Waals surface area contributed by atoms with Crippen LogP contribution in [-0.4, -0.2) is 11.5 Å². The highest BCUT2D eigenvalue weighted by molar-refractivity contribution is 9.10. The Morgan fingerprint density at radius 1 is 1.41 bits per heavy atom. The highest BCUT2D eigenvalue weighted by Gasteiger charge is 2.25. The molecule has 1 aromatic rings. The zero-order chi connectivity index (χ0) is 12.3. The summed E-state index contributed by atoms with van der Waals surface area (Å²) in [5, 5.41) is 0. The SMILES string of the molecule is CCSc1cc(Br)ccc1C(=O)C1CCCC1. The van der Waals surface area contributed by atoms with E-state index in [2.05, 4.69) is 28.9 Å². The largest absolute Gasteiger partial charge is 0.294 e. The van der Waals surface area contributed by atoms with Crippen molar-refractivity contribution in [3.05, 3.63) is 28.2 Å². The number of rotatable bonds is 4. The molecule has 1 aliphatic carbocycles. The molecular formula is C14H17BrOS. The van der Waals surface area contributed by atoms with Crippen LogP contribution in [0.25, 0.3) is 0 Å². The normalized spacial score (nSPS) is 16.4. The van der Waals surface area contributed by atoms with Crippen LogP contribution in [0.4, 0.5) is 0 Å². The highest BCUT2D eigenvalue weighted by Crippen LogP contribution is 2.33. The maximum atomic E-state index is 12.4. The lowest BCUT2D eigenvalue weighted by molar-refractivity contribution is 0.0920. The van der Waals surface area contributed by atoms with Crippen LogP contribution < -0.4 is 0 Å². The maximum absolute atomic E-state index is 12.4. The van der Waals surface area contributed by atoms with E-state index in [9.17, 15) is 4.79 Å². The van der Waals surface area contributed by atoms with Gasteiger partial charge in [-0.05, 0) is 36.8 Å². The van der Waals surface area contributed by atoms with Crippen molar-refractivity contribution in [2.24, 2.45) is 5.92 Å². The van der Waals surface area contributed by atoms with Gasteiger partial charge in [0.1, 0.15) is 0 Å². The summed E-state index contributed by atoms with van der Waals surface area (Å²) in [6.45, 7) is 2.12. The zero-order valence-electron chi connectivity index (χ0n) is 10.0. The molecular weight excluding hydrogens is 296 g/mol. The first-order valence-corrected chi connectivity index (χ1v) is 7.96. The summed E-state index contributed by atoms with van der Waals surface area (Å²) in [6, 6.07) is 6.01. The fourth-order valence-corrected chi connectivity index (χ4v) is 3.74. The van der Waals surface area contributed by atoms with Crippen LogP contribution in [0.15, 0.2) is 27.6 Å². The second-order valence-corrected chi connectivity index (χ2v) is 6.64. The van der Waals surface area contributed by atoms with Crippen molar-refractivity contribution >= 4 is 33.5 Å². The Morgan fingerprint density at radius 3 is 2.76 bits per heavy atom. The number of benzene rings is 1. The summed E-state index contributed by atoms with van der Waals surface area (Å²) in [7, 11) is 0. The summed E-state index contributed by atoms with van der Waals surface area (Å²) >= 11 is 5.23. The molecule has 0 spiro atoms. The first kappa shape index (κ1) is 13.2. The predicted molar refractivity (Wildman–Crippen MR) is 76.8 cm³/mol. The Hall–Kier alpha value is -0.280. The van der Waals surface area contributed by atoms with E-state index in [0.717, 1.165) is 33.5 Å². The van der Waals surface area contributed by atoms with Crippen molar-refractivity contribution in [1.29, 1.82) is 0 Å². The monoisotopic (exact) mass is 312 g/mol. The molecule has 0 aliphatic heterocycles. The first-order valence-electron chi connectivity index (χ1n) is 6.19. The average Bonchev–Trinajstić information content (AvgIpc) is 2.82. The third-order valence-corrected chi connectivity index (χ3v) is 4.67. The van der Waals surface area contributed by atoms with E-state index in [1.807, 2.05) is 12.1 Å². The van der Waals surface area contributed by atoms with Crippen LogP contribution >= 0.6 is 27.7 Å². The van der Waals surface area contributed by atoms with Crippen LogP contribution in [0.1, 0.15) is 43.0 Å². The fraction of sp³-hybridized carbons (Fsp3) is 0.500. The highest BCUT2D eigenvalue weighted by atomic mass is 79.9. The number of carbonyl (C=O) groups is 1. The third kappa shape index (κ3) is 3.14. The van der Waals surface area contributed by atoms with E-state index in [1.165, 1.54) is 12.8 Å². The van der Waals surface area contributed by atoms with Crippen molar-refractivity contribution in [2.75, 3.05) is 5.75 Å². The Balaban J connectivity index is 2.26. The second-order valence-electron chi connectivity index (χ2n) is 4.42. The number of halogens is 1. The summed E-state index contributed by atoms with van der Waals surface area (Å²) in [5.41, 5.74) is 0.923. The lowest BCUT2D eigenvalue weighted by Gasteiger charge is -2.12. The third-order valence-electron chi connectivity index (χ3n) is 3.23. The molecule has 1 nitrogen and oxygen atoms in total. The van der Waals surface area contributed by atoms with Crippen LogP contribution in [-0.2, 0) is 0 Å². The lowest BCUT2D eigenvalue weighted by Crippen LogP contribution is -2.12. The van der Waals surface area contributed by atoms with E-state index >= 15 is 0 Å². The number of thioether (sulfide) groups is 1. The van der Waals surface area contributed by atoms with Gasteiger partial charge in [-0.15, -0.1) is 11.8 Å². The van der Waals surface area contributed by atoms with Crippen LogP contribution in [0.5, 0.6) is 0 Å². The molecule has 1 aliphatic rings. The predicted octanol–water partition coefficient (Wildman–Crippen LogP) is 4.93. The second kappa shape index (κ2) is 6.05. The van der Waals surface area contributed by atoms with Gasteiger partial charge >= 0.3 is 0 Å². The molecule has 0 N–H and O–H groups in total. The van der Waals surface area contributed by atoms with Crippen molar-refractivity contribution in [1.82, 2.24) is 0 Å². The van der Waals surface area contributed by atoms with Gasteiger partial charge in [0.25, 0.3) is 0 Å². The molecule has 1 fully saturated rings. The molecule has 0 atom stereocenters. The van der Waals surface area contributed by atoms with Crippen molar-refractivity contribution < 1.29 is 4.79 Å². The summed E-state index contributed by atoms with van der Waals surface area (Å²) in [6.07, 6.45) is 4.57. The van der Waals surface area contributed by atoms with Gasteiger partial charge in [-0.3, -0.25) is 4.79 Å². The van der Waals surface area contributed by atoms with Gasteiger partial charge in [-0.25, -0.2) is 0 Å². The van der Waals surface area contributed by atoms with Gasteiger partial charge in [0.15, 0.2) is 5.78 Å². The molecule has 17 heavy (non-hydrogen) atoms. The van der Waals surface area contributed by atoms with Gasteiger partial charge < -0.3 is 0 Å². The number of hydrogen-bond acceptors (Lipinski definition) is 2. The first-order chi connectivity index (χ1) is 8.22. The molecule has 1 saturated carbocycles. The van der Waals surface area contributed by atoms with Gasteiger partial charge in [0.2, 0.25) is 0 Å². The number of carbonyl (C=O) groups excluding carboxylic acids is 1. The van der Waals surface area contributed by atoms with Gasteiger partial charge in [-0.1, -0.05) is 35.7 Å². The smallest absolute Gasteiger partial charge is 0.167 e. The molecule has 0 unspecified atom stereocenters. The fourth-order valence-electron chi connectivity index (χ4n) is 2.38. The molecule has 1 aromatic carbocycles.